The highest BCUT2D eigenvalue weighted by atomic mass is 35.5. The van der Waals surface area contributed by atoms with E-state index in [2.05, 4.69) is 12.6 Å². The Balaban J connectivity index is 3.30. The fraction of sp³-hybridized carbons (Fsp3) is 0.200. The standard InChI is InChI=1S/C10H8ClNO2S/c11-4-7-6(3-10(13)14)1-2-9(15)8(7)5-12/h1-2,15H,3-4H2,(H,13,14). The predicted octanol–water partition coefficient (Wildman–Crippen LogP) is 2.21. The maximum atomic E-state index is 10.6. The van der Waals surface area contributed by atoms with Crippen molar-refractivity contribution >= 4 is 30.2 Å². The molecule has 0 aliphatic rings. The van der Waals surface area contributed by atoms with Gasteiger partial charge in [-0.15, -0.1) is 24.2 Å². The van der Waals surface area contributed by atoms with Gasteiger partial charge in [0.1, 0.15) is 6.07 Å². The van der Waals surface area contributed by atoms with E-state index in [1.807, 2.05) is 6.07 Å². The molecule has 0 aliphatic heterocycles. The third-order valence-corrected chi connectivity index (χ3v) is 2.61. The number of hydrogen-bond acceptors (Lipinski definition) is 3. The molecule has 0 fully saturated rings. The van der Waals surface area contributed by atoms with Gasteiger partial charge in [0.15, 0.2) is 0 Å². The third kappa shape index (κ3) is 2.65. The Bertz CT molecular complexity index is 440. The lowest BCUT2D eigenvalue weighted by molar-refractivity contribution is -0.136. The van der Waals surface area contributed by atoms with Gasteiger partial charge in [0.2, 0.25) is 0 Å². The molecule has 1 rings (SSSR count). The molecule has 1 N–H and O–H groups in total. The van der Waals surface area contributed by atoms with Crippen LogP contribution in [0.1, 0.15) is 16.7 Å². The van der Waals surface area contributed by atoms with E-state index in [1.165, 1.54) is 0 Å². The lowest BCUT2D eigenvalue weighted by Crippen LogP contribution is -2.04. The van der Waals surface area contributed by atoms with E-state index in [0.29, 0.717) is 21.6 Å². The molecule has 0 aliphatic carbocycles. The summed E-state index contributed by atoms with van der Waals surface area (Å²) >= 11 is 9.80. The molecule has 0 saturated heterocycles. The molecule has 0 aromatic heterocycles. The van der Waals surface area contributed by atoms with E-state index >= 15 is 0 Å². The van der Waals surface area contributed by atoms with Gasteiger partial charge in [-0.1, -0.05) is 6.07 Å². The summed E-state index contributed by atoms with van der Waals surface area (Å²) in [7, 11) is 0. The summed E-state index contributed by atoms with van der Waals surface area (Å²) in [5.74, 6) is -0.836. The first-order valence-corrected chi connectivity index (χ1v) is 5.10. The highest BCUT2D eigenvalue weighted by molar-refractivity contribution is 7.80. The summed E-state index contributed by atoms with van der Waals surface area (Å²) < 4.78 is 0. The smallest absolute Gasteiger partial charge is 0.307 e. The van der Waals surface area contributed by atoms with Crippen LogP contribution in [0.25, 0.3) is 0 Å². The zero-order valence-electron chi connectivity index (χ0n) is 7.70. The van der Waals surface area contributed by atoms with Crippen molar-refractivity contribution in [3.63, 3.8) is 0 Å². The zero-order chi connectivity index (χ0) is 11.4. The average Bonchev–Trinajstić information content (AvgIpc) is 2.19. The fourth-order valence-corrected chi connectivity index (χ4v) is 1.85. The largest absolute Gasteiger partial charge is 0.481 e. The molecule has 0 atom stereocenters. The van der Waals surface area contributed by atoms with Crippen LogP contribution in [0.15, 0.2) is 17.0 Å². The topological polar surface area (TPSA) is 61.1 Å². The molecule has 1 aromatic rings. The number of rotatable bonds is 3. The molecule has 1 aromatic carbocycles. The van der Waals surface area contributed by atoms with E-state index in [0.717, 1.165) is 0 Å². The molecule has 15 heavy (non-hydrogen) atoms. The monoisotopic (exact) mass is 241 g/mol. The van der Waals surface area contributed by atoms with Gasteiger partial charge >= 0.3 is 5.97 Å². The van der Waals surface area contributed by atoms with Gasteiger partial charge in [-0.25, -0.2) is 0 Å². The Morgan fingerprint density at radius 3 is 2.73 bits per heavy atom. The van der Waals surface area contributed by atoms with E-state index in [4.69, 9.17) is 22.0 Å². The number of aliphatic carboxylic acids is 1. The molecule has 78 valence electrons. The quantitative estimate of drug-likeness (QED) is 0.630. The van der Waals surface area contributed by atoms with Crippen molar-refractivity contribution in [1.82, 2.24) is 0 Å². The molecular weight excluding hydrogens is 234 g/mol. The summed E-state index contributed by atoms with van der Waals surface area (Å²) in [6.07, 6.45) is -0.134. The summed E-state index contributed by atoms with van der Waals surface area (Å²) in [4.78, 5) is 11.1. The molecular formula is C10H8ClNO2S. The van der Waals surface area contributed by atoms with Crippen molar-refractivity contribution in [2.45, 2.75) is 17.2 Å². The third-order valence-electron chi connectivity index (χ3n) is 1.98. The molecule has 0 saturated carbocycles. The van der Waals surface area contributed by atoms with E-state index in [1.54, 1.807) is 12.1 Å². The number of alkyl halides is 1. The van der Waals surface area contributed by atoms with Gasteiger partial charge in [0, 0.05) is 10.8 Å². The highest BCUT2D eigenvalue weighted by Gasteiger charge is 2.12. The minimum atomic E-state index is -0.947. The molecule has 0 amide bonds. The number of carboxylic acid groups (broad SMARTS) is 1. The molecule has 5 heteroatoms. The van der Waals surface area contributed by atoms with Gasteiger partial charge in [-0.3, -0.25) is 4.79 Å². The summed E-state index contributed by atoms with van der Waals surface area (Å²) in [5, 5.41) is 17.6. The van der Waals surface area contributed by atoms with Crippen LogP contribution in [-0.4, -0.2) is 11.1 Å². The van der Waals surface area contributed by atoms with Crippen LogP contribution in [-0.2, 0) is 17.1 Å². The first-order chi connectivity index (χ1) is 7.10. The summed E-state index contributed by atoms with van der Waals surface area (Å²) in [6, 6.07) is 5.22. The van der Waals surface area contributed by atoms with Gasteiger partial charge in [-0.2, -0.15) is 5.26 Å². The van der Waals surface area contributed by atoms with Crippen LogP contribution in [0.4, 0.5) is 0 Å². The van der Waals surface area contributed by atoms with Crippen molar-refractivity contribution in [2.24, 2.45) is 0 Å². The Morgan fingerprint density at radius 1 is 1.60 bits per heavy atom. The van der Waals surface area contributed by atoms with Crippen LogP contribution in [0.3, 0.4) is 0 Å². The van der Waals surface area contributed by atoms with Gasteiger partial charge in [0.05, 0.1) is 12.0 Å². The number of carbonyl (C=O) groups is 1. The molecule has 0 heterocycles. The van der Waals surface area contributed by atoms with Crippen LogP contribution in [0.5, 0.6) is 0 Å². The number of thiol groups is 1. The second kappa shape index (κ2) is 5.06. The van der Waals surface area contributed by atoms with Gasteiger partial charge in [-0.05, 0) is 17.2 Å². The minimum Gasteiger partial charge on any atom is -0.481 e. The van der Waals surface area contributed by atoms with Crippen LogP contribution in [0, 0.1) is 11.3 Å². The lowest BCUT2D eigenvalue weighted by atomic mass is 10.0. The molecule has 3 nitrogen and oxygen atoms in total. The number of nitrogens with zero attached hydrogens (tertiary/aromatic N) is 1. The Kier molecular flexibility index (Phi) is 4.01. The van der Waals surface area contributed by atoms with Crippen molar-refractivity contribution < 1.29 is 9.90 Å². The summed E-state index contributed by atoms with van der Waals surface area (Å²) in [6.45, 7) is 0. The van der Waals surface area contributed by atoms with Crippen molar-refractivity contribution in [1.29, 1.82) is 5.26 Å². The fourth-order valence-electron chi connectivity index (χ4n) is 1.28. The lowest BCUT2D eigenvalue weighted by Gasteiger charge is -2.08. The second-order valence-corrected chi connectivity index (χ2v) is 3.66. The predicted molar refractivity (Wildman–Crippen MR) is 59.3 cm³/mol. The first-order valence-electron chi connectivity index (χ1n) is 4.11. The number of benzene rings is 1. The number of halogens is 1. The normalized spacial score (nSPS) is 9.67. The van der Waals surface area contributed by atoms with Crippen molar-refractivity contribution in [3.05, 3.63) is 28.8 Å². The average molecular weight is 242 g/mol. The van der Waals surface area contributed by atoms with Crippen LogP contribution in [0.2, 0.25) is 0 Å². The molecule has 0 spiro atoms. The zero-order valence-corrected chi connectivity index (χ0v) is 9.35. The van der Waals surface area contributed by atoms with Gasteiger partial charge < -0.3 is 5.11 Å². The first kappa shape index (κ1) is 11.9. The Hall–Kier alpha value is -1.18. The van der Waals surface area contributed by atoms with Gasteiger partial charge in [0.25, 0.3) is 0 Å². The minimum absolute atomic E-state index is 0.111. The SMILES string of the molecule is N#Cc1c(S)ccc(CC(=O)O)c1CCl. The van der Waals surface area contributed by atoms with Crippen molar-refractivity contribution in [3.8, 4) is 6.07 Å². The molecule has 0 unspecified atom stereocenters. The van der Waals surface area contributed by atoms with E-state index in [9.17, 15) is 4.79 Å². The van der Waals surface area contributed by atoms with Crippen molar-refractivity contribution in [2.75, 3.05) is 0 Å². The number of hydrogen-bond donors (Lipinski definition) is 2. The Morgan fingerprint density at radius 2 is 2.27 bits per heavy atom. The molecule has 0 radical (unpaired) electrons. The number of carboxylic acids is 1. The van der Waals surface area contributed by atoms with E-state index < -0.39 is 5.97 Å². The maximum Gasteiger partial charge on any atom is 0.307 e. The van der Waals surface area contributed by atoms with Crippen LogP contribution < -0.4 is 0 Å². The maximum absolute atomic E-state index is 10.6. The highest BCUT2D eigenvalue weighted by Crippen LogP contribution is 2.23. The van der Waals surface area contributed by atoms with Crippen LogP contribution >= 0.6 is 24.2 Å². The second-order valence-electron chi connectivity index (χ2n) is 2.91. The number of nitriles is 1. The Labute approximate surface area is 97.7 Å². The van der Waals surface area contributed by atoms with E-state index in [-0.39, 0.29) is 12.3 Å². The molecule has 0 bridgehead atoms. The summed E-state index contributed by atoms with van der Waals surface area (Å²) in [5.41, 5.74) is 1.47.